The minimum atomic E-state index is -0.627. The van der Waals surface area contributed by atoms with Crippen LogP contribution in [0.25, 0.3) is 15.2 Å². The Morgan fingerprint density at radius 1 is 1.41 bits per heavy atom. The van der Waals surface area contributed by atoms with Crippen molar-refractivity contribution < 1.29 is 14.3 Å². The monoisotopic (exact) mass is 424 g/mol. The van der Waals surface area contributed by atoms with Crippen molar-refractivity contribution in [3.05, 3.63) is 29.0 Å². The standard InChI is InChI=1S/C17H20N4O3S3/c1-24-15(23)11(8-10-26-2)18-14(22)7-9-20-17(25)21-12-5-3-4-6-13(12)27-16(21)19-20/h3-6,11H,7-10H2,1-2H3,(H,18,22)/t11-/m0/s1. The van der Waals surface area contributed by atoms with Crippen LogP contribution in [0.4, 0.5) is 0 Å². The van der Waals surface area contributed by atoms with E-state index in [1.165, 1.54) is 7.11 Å². The molecule has 1 N–H and O–H groups in total. The number of esters is 1. The molecule has 27 heavy (non-hydrogen) atoms. The van der Waals surface area contributed by atoms with Crippen LogP contribution in [0.1, 0.15) is 12.8 Å². The average molecular weight is 425 g/mol. The third kappa shape index (κ3) is 4.33. The lowest BCUT2D eigenvalue weighted by molar-refractivity contribution is -0.145. The number of carbonyl (C=O) groups excluding carboxylic acids is 2. The molecule has 0 aliphatic rings. The SMILES string of the molecule is COC(=O)[C@H](CCSC)NC(=O)CCn1nc2sc3ccccc3n2c1=S. The minimum absolute atomic E-state index is 0.184. The van der Waals surface area contributed by atoms with Gasteiger partial charge in [-0.05, 0) is 42.8 Å². The maximum Gasteiger partial charge on any atom is 0.328 e. The number of hydrogen-bond acceptors (Lipinski definition) is 7. The number of para-hydroxylation sites is 1. The molecule has 0 aliphatic heterocycles. The maximum atomic E-state index is 12.3. The van der Waals surface area contributed by atoms with E-state index in [1.807, 2.05) is 34.9 Å². The molecule has 3 rings (SSSR count). The Labute approximate surface area is 169 Å². The largest absolute Gasteiger partial charge is 0.467 e. The molecule has 1 atom stereocenters. The highest BCUT2D eigenvalue weighted by atomic mass is 32.2. The van der Waals surface area contributed by atoms with E-state index in [2.05, 4.69) is 10.4 Å². The second kappa shape index (κ2) is 8.85. The van der Waals surface area contributed by atoms with Gasteiger partial charge in [-0.2, -0.15) is 11.8 Å². The van der Waals surface area contributed by atoms with Crippen LogP contribution in [0.5, 0.6) is 0 Å². The molecular weight excluding hydrogens is 404 g/mol. The molecule has 0 radical (unpaired) electrons. The van der Waals surface area contributed by atoms with Crippen molar-refractivity contribution in [3.63, 3.8) is 0 Å². The third-order valence-electron chi connectivity index (χ3n) is 4.10. The molecule has 3 aromatic rings. The van der Waals surface area contributed by atoms with Gasteiger partial charge in [0.2, 0.25) is 15.6 Å². The number of aromatic nitrogens is 3. The van der Waals surface area contributed by atoms with E-state index in [0.717, 1.165) is 20.9 Å². The van der Waals surface area contributed by atoms with E-state index in [9.17, 15) is 9.59 Å². The van der Waals surface area contributed by atoms with Gasteiger partial charge in [0, 0.05) is 6.42 Å². The average Bonchev–Trinajstić information content (AvgIpc) is 3.19. The van der Waals surface area contributed by atoms with Crippen LogP contribution >= 0.6 is 35.3 Å². The first-order valence-electron chi connectivity index (χ1n) is 8.38. The predicted octanol–water partition coefficient (Wildman–Crippen LogP) is 2.88. The number of ether oxygens (including phenoxy) is 1. The second-order valence-corrected chi connectivity index (χ2v) is 8.23. The van der Waals surface area contributed by atoms with Crippen molar-refractivity contribution in [3.8, 4) is 0 Å². The van der Waals surface area contributed by atoms with Crippen molar-refractivity contribution in [2.45, 2.75) is 25.4 Å². The van der Waals surface area contributed by atoms with Crippen LogP contribution in [-0.4, -0.2) is 51.2 Å². The molecule has 1 aromatic carbocycles. The summed E-state index contributed by atoms with van der Waals surface area (Å²) < 4.78 is 10.0. The molecule has 2 aromatic heterocycles. The smallest absolute Gasteiger partial charge is 0.328 e. The maximum absolute atomic E-state index is 12.3. The number of nitrogens with one attached hydrogen (secondary N) is 1. The topological polar surface area (TPSA) is 77.6 Å². The van der Waals surface area contributed by atoms with E-state index in [0.29, 0.717) is 17.7 Å². The highest BCUT2D eigenvalue weighted by Gasteiger charge is 2.21. The van der Waals surface area contributed by atoms with Crippen molar-refractivity contribution in [1.29, 1.82) is 0 Å². The number of thioether (sulfide) groups is 1. The van der Waals surface area contributed by atoms with Gasteiger partial charge in [-0.25, -0.2) is 9.48 Å². The van der Waals surface area contributed by atoms with Crippen molar-refractivity contribution in [2.24, 2.45) is 0 Å². The Morgan fingerprint density at radius 2 is 2.19 bits per heavy atom. The Hall–Kier alpha value is -1.91. The molecule has 0 aliphatic carbocycles. The van der Waals surface area contributed by atoms with E-state index >= 15 is 0 Å². The number of carbonyl (C=O) groups is 2. The van der Waals surface area contributed by atoms with Crippen LogP contribution in [0.3, 0.4) is 0 Å². The molecular formula is C17H20N4O3S3. The summed E-state index contributed by atoms with van der Waals surface area (Å²) in [6.07, 6.45) is 2.67. The zero-order chi connectivity index (χ0) is 19.4. The van der Waals surface area contributed by atoms with Gasteiger partial charge in [0.25, 0.3) is 0 Å². The zero-order valence-electron chi connectivity index (χ0n) is 15.0. The molecule has 144 valence electrons. The Bertz CT molecular complexity index is 1020. The summed E-state index contributed by atoms with van der Waals surface area (Å²) in [6.45, 7) is 0.351. The summed E-state index contributed by atoms with van der Waals surface area (Å²) in [5.41, 5.74) is 1.01. The van der Waals surface area contributed by atoms with E-state index < -0.39 is 12.0 Å². The van der Waals surface area contributed by atoms with Crippen molar-refractivity contribution >= 4 is 62.4 Å². The summed E-state index contributed by atoms with van der Waals surface area (Å²) in [4.78, 5) is 24.9. The normalized spacial score (nSPS) is 12.4. The lowest BCUT2D eigenvalue weighted by atomic mass is 10.2. The highest BCUT2D eigenvalue weighted by molar-refractivity contribution is 7.98. The molecule has 1 amide bonds. The Morgan fingerprint density at radius 3 is 2.93 bits per heavy atom. The molecule has 0 bridgehead atoms. The van der Waals surface area contributed by atoms with Gasteiger partial charge in [0.05, 0.1) is 23.9 Å². The summed E-state index contributed by atoms with van der Waals surface area (Å²) >= 11 is 8.70. The summed E-state index contributed by atoms with van der Waals surface area (Å²) in [5, 5.41) is 7.26. The van der Waals surface area contributed by atoms with Crippen molar-refractivity contribution in [2.75, 3.05) is 19.1 Å². The number of amides is 1. The fraction of sp³-hybridized carbons (Fsp3) is 0.412. The summed E-state index contributed by atoms with van der Waals surface area (Å²) in [6, 6.07) is 7.34. The van der Waals surface area contributed by atoms with Crippen LogP contribution < -0.4 is 5.32 Å². The van der Waals surface area contributed by atoms with Crippen molar-refractivity contribution in [1.82, 2.24) is 19.5 Å². The van der Waals surface area contributed by atoms with Gasteiger partial charge in [0.1, 0.15) is 6.04 Å². The Balaban J connectivity index is 1.68. The number of benzene rings is 1. The minimum Gasteiger partial charge on any atom is -0.467 e. The number of hydrogen-bond donors (Lipinski definition) is 1. The molecule has 0 saturated carbocycles. The van der Waals surface area contributed by atoms with Gasteiger partial charge in [-0.3, -0.25) is 9.20 Å². The van der Waals surface area contributed by atoms with Gasteiger partial charge >= 0.3 is 5.97 Å². The van der Waals surface area contributed by atoms with Gasteiger partial charge in [-0.1, -0.05) is 23.5 Å². The molecule has 0 fully saturated rings. The lowest BCUT2D eigenvalue weighted by Crippen LogP contribution is -2.42. The van der Waals surface area contributed by atoms with E-state index in [-0.39, 0.29) is 12.3 Å². The number of rotatable bonds is 8. The number of nitrogens with zero attached hydrogens (tertiary/aromatic N) is 3. The lowest BCUT2D eigenvalue weighted by Gasteiger charge is -2.15. The molecule has 7 nitrogen and oxygen atoms in total. The number of fused-ring (bicyclic) bond motifs is 3. The van der Waals surface area contributed by atoms with Crippen LogP contribution in [0, 0.1) is 4.77 Å². The fourth-order valence-electron chi connectivity index (χ4n) is 2.73. The number of methoxy groups -OCH3 is 1. The fourth-order valence-corrected chi connectivity index (χ4v) is 4.60. The van der Waals surface area contributed by atoms with Gasteiger partial charge in [0.15, 0.2) is 0 Å². The second-order valence-electron chi connectivity index (χ2n) is 5.87. The van der Waals surface area contributed by atoms with Crippen LogP contribution in [0.15, 0.2) is 24.3 Å². The van der Waals surface area contributed by atoms with Crippen LogP contribution in [0.2, 0.25) is 0 Å². The molecule has 0 saturated heterocycles. The zero-order valence-corrected chi connectivity index (χ0v) is 17.5. The van der Waals surface area contributed by atoms with E-state index in [1.54, 1.807) is 27.8 Å². The van der Waals surface area contributed by atoms with Gasteiger partial charge in [-0.15, -0.1) is 5.10 Å². The molecule has 0 spiro atoms. The van der Waals surface area contributed by atoms with Crippen LogP contribution in [-0.2, 0) is 20.9 Å². The predicted molar refractivity (Wildman–Crippen MR) is 111 cm³/mol. The molecule has 0 unspecified atom stereocenters. The quantitative estimate of drug-likeness (QED) is 0.443. The first-order chi connectivity index (χ1) is 13.0. The number of aryl methyl sites for hydroxylation is 1. The summed E-state index contributed by atoms with van der Waals surface area (Å²) in [7, 11) is 1.32. The van der Waals surface area contributed by atoms with E-state index in [4.69, 9.17) is 17.0 Å². The first-order valence-corrected chi connectivity index (χ1v) is 11.0. The Kier molecular flexibility index (Phi) is 6.51. The van der Waals surface area contributed by atoms with Gasteiger partial charge < -0.3 is 10.1 Å². The molecule has 10 heteroatoms. The number of thiazole rings is 1. The summed E-state index contributed by atoms with van der Waals surface area (Å²) in [5.74, 6) is 0.104. The third-order valence-corrected chi connectivity index (χ3v) is 6.15. The first kappa shape index (κ1) is 19.8. The molecule has 2 heterocycles. The highest BCUT2D eigenvalue weighted by Crippen LogP contribution is 2.25.